The minimum absolute atomic E-state index is 1.13. The lowest BCUT2D eigenvalue weighted by Crippen LogP contribution is -2.11. The third-order valence-electron chi connectivity index (χ3n) is 10.6. The van der Waals surface area contributed by atoms with Crippen LogP contribution in [0.5, 0.6) is 0 Å². The third kappa shape index (κ3) is 7.76. The summed E-state index contributed by atoms with van der Waals surface area (Å²) >= 11 is 0. The van der Waals surface area contributed by atoms with Gasteiger partial charge < -0.3 is 9.80 Å². The van der Waals surface area contributed by atoms with E-state index in [1.54, 1.807) is 0 Å². The number of para-hydroxylation sites is 3. The number of aryl methyl sites for hydroxylation is 1. The molecule has 2 nitrogen and oxygen atoms in total. The van der Waals surface area contributed by atoms with E-state index in [1.165, 1.54) is 55.4 Å². The molecule has 0 amide bonds. The molecule has 9 aromatic rings. The van der Waals surface area contributed by atoms with E-state index in [-0.39, 0.29) is 0 Å². The van der Waals surface area contributed by atoms with Gasteiger partial charge in [-0.25, -0.2) is 0 Å². The molecule has 0 aromatic heterocycles. The van der Waals surface area contributed by atoms with Crippen LogP contribution < -0.4 is 9.80 Å². The van der Waals surface area contributed by atoms with Crippen molar-refractivity contribution in [3.63, 3.8) is 0 Å². The Morgan fingerprint density at radius 3 is 1.19 bits per heavy atom. The van der Waals surface area contributed by atoms with Crippen molar-refractivity contribution in [3.8, 4) is 22.3 Å². The molecule has 9 aromatic carbocycles. The number of nitrogens with zero attached hydrogens (tertiary/aromatic N) is 2. The molecule has 9 rings (SSSR count). The Labute approximate surface area is 335 Å². The molecule has 2 heteroatoms. The number of hydrogen-bond donors (Lipinski definition) is 0. The van der Waals surface area contributed by atoms with Crippen molar-refractivity contribution in [1.29, 1.82) is 0 Å². The first-order valence-corrected chi connectivity index (χ1v) is 19.5. The van der Waals surface area contributed by atoms with Gasteiger partial charge in [0.25, 0.3) is 0 Å². The van der Waals surface area contributed by atoms with E-state index >= 15 is 0 Å². The summed E-state index contributed by atoms with van der Waals surface area (Å²) in [5, 5.41) is 2.47. The van der Waals surface area contributed by atoms with Gasteiger partial charge in [-0.1, -0.05) is 170 Å². The molecule has 0 aliphatic heterocycles. The van der Waals surface area contributed by atoms with E-state index in [9.17, 15) is 0 Å². The van der Waals surface area contributed by atoms with Crippen molar-refractivity contribution < 1.29 is 0 Å². The number of anilines is 6. The fourth-order valence-electron chi connectivity index (χ4n) is 7.53. The summed E-state index contributed by atoms with van der Waals surface area (Å²) < 4.78 is 0. The van der Waals surface area contributed by atoms with Gasteiger partial charge in [-0.2, -0.15) is 0 Å². The number of rotatable bonds is 10. The Balaban J connectivity index is 0.887. The first-order chi connectivity index (χ1) is 28.2. The van der Waals surface area contributed by atoms with Crippen LogP contribution in [0.3, 0.4) is 0 Å². The molecule has 0 aliphatic rings. The van der Waals surface area contributed by atoms with Crippen LogP contribution in [0.25, 0.3) is 45.2 Å². The van der Waals surface area contributed by atoms with Crippen LogP contribution in [-0.4, -0.2) is 0 Å². The molecule has 0 saturated carbocycles. The maximum absolute atomic E-state index is 2.36. The lowest BCUT2D eigenvalue weighted by atomic mass is 10.0. The third-order valence-corrected chi connectivity index (χ3v) is 10.6. The Bertz CT molecular complexity index is 2710. The summed E-state index contributed by atoms with van der Waals surface area (Å²) in [4.78, 5) is 4.64. The molecule has 272 valence electrons. The number of fused-ring (bicyclic) bond motifs is 1. The van der Waals surface area contributed by atoms with Crippen LogP contribution in [0, 0.1) is 6.92 Å². The molecule has 0 aliphatic carbocycles. The second kappa shape index (κ2) is 16.1. The predicted octanol–water partition coefficient (Wildman–Crippen LogP) is 15.6. The van der Waals surface area contributed by atoms with Gasteiger partial charge >= 0.3 is 0 Å². The largest absolute Gasteiger partial charge is 0.311 e. The number of benzene rings is 9. The zero-order valence-electron chi connectivity index (χ0n) is 31.9. The fraction of sp³-hybridized carbons (Fsp3) is 0.0182. The summed E-state index contributed by atoms with van der Waals surface area (Å²) in [6.45, 7) is 2.18. The van der Waals surface area contributed by atoms with E-state index in [2.05, 4.69) is 253 Å². The summed E-state index contributed by atoms with van der Waals surface area (Å²) in [6.07, 6.45) is 4.36. The number of hydrogen-bond acceptors (Lipinski definition) is 2. The topological polar surface area (TPSA) is 6.48 Å². The van der Waals surface area contributed by atoms with Crippen LogP contribution in [0.15, 0.2) is 224 Å². The molecule has 57 heavy (non-hydrogen) atoms. The van der Waals surface area contributed by atoms with Gasteiger partial charge in [-0.3, -0.25) is 0 Å². The monoisotopic (exact) mass is 730 g/mol. The summed E-state index contributed by atoms with van der Waals surface area (Å²) in [5.74, 6) is 0. The van der Waals surface area contributed by atoms with Crippen LogP contribution >= 0.6 is 0 Å². The molecular formula is C55H42N2. The van der Waals surface area contributed by atoms with Crippen molar-refractivity contribution in [1.82, 2.24) is 0 Å². The molecule has 0 fully saturated rings. The van der Waals surface area contributed by atoms with E-state index < -0.39 is 0 Å². The minimum Gasteiger partial charge on any atom is -0.311 e. The highest BCUT2D eigenvalue weighted by Crippen LogP contribution is 2.39. The quantitative estimate of drug-likeness (QED) is 0.129. The smallest absolute Gasteiger partial charge is 0.0490 e. The van der Waals surface area contributed by atoms with E-state index in [4.69, 9.17) is 0 Å². The lowest BCUT2D eigenvalue weighted by molar-refractivity contribution is 1.25. The highest BCUT2D eigenvalue weighted by Gasteiger charge is 2.16. The van der Waals surface area contributed by atoms with Crippen molar-refractivity contribution in [3.05, 3.63) is 241 Å². The second-order valence-corrected chi connectivity index (χ2v) is 14.3. The summed E-state index contributed by atoms with van der Waals surface area (Å²) in [6, 6.07) is 80.2. The lowest BCUT2D eigenvalue weighted by Gasteiger charge is -2.27. The highest BCUT2D eigenvalue weighted by atomic mass is 15.1. The Kier molecular flexibility index (Phi) is 9.99. The van der Waals surface area contributed by atoms with Crippen LogP contribution in [0.4, 0.5) is 34.1 Å². The average Bonchev–Trinajstić information content (AvgIpc) is 3.28. The van der Waals surface area contributed by atoms with Crippen LogP contribution in [0.1, 0.15) is 16.7 Å². The first kappa shape index (κ1) is 35.3. The van der Waals surface area contributed by atoms with Crippen LogP contribution in [0.2, 0.25) is 0 Å². The van der Waals surface area contributed by atoms with Crippen molar-refractivity contribution in [2.75, 3.05) is 9.80 Å². The van der Waals surface area contributed by atoms with Gasteiger partial charge in [-0.05, 0) is 123 Å². The van der Waals surface area contributed by atoms with Gasteiger partial charge in [0.2, 0.25) is 0 Å². The molecule has 0 spiro atoms. The Morgan fingerprint density at radius 1 is 0.298 bits per heavy atom. The average molecular weight is 731 g/mol. The summed E-state index contributed by atoms with van der Waals surface area (Å²) in [7, 11) is 0. The van der Waals surface area contributed by atoms with Gasteiger partial charge in [0.15, 0.2) is 0 Å². The van der Waals surface area contributed by atoms with E-state index in [0.717, 1.165) is 28.4 Å². The Hall–Kier alpha value is -7.42. The molecule has 0 N–H and O–H groups in total. The summed E-state index contributed by atoms with van der Waals surface area (Å²) in [5.41, 5.74) is 15.2. The molecule has 0 saturated heterocycles. The van der Waals surface area contributed by atoms with Gasteiger partial charge in [-0.15, -0.1) is 0 Å². The van der Waals surface area contributed by atoms with Gasteiger partial charge in [0.1, 0.15) is 0 Å². The minimum atomic E-state index is 1.13. The molecule has 0 atom stereocenters. The zero-order chi connectivity index (χ0) is 38.4. The first-order valence-electron chi connectivity index (χ1n) is 19.5. The maximum Gasteiger partial charge on any atom is 0.0490 e. The Morgan fingerprint density at radius 2 is 0.684 bits per heavy atom. The molecule has 0 bridgehead atoms. The van der Waals surface area contributed by atoms with Crippen molar-refractivity contribution >= 4 is 57.0 Å². The van der Waals surface area contributed by atoms with Gasteiger partial charge in [0, 0.05) is 34.1 Å². The molecule has 0 radical (unpaired) electrons. The zero-order valence-corrected chi connectivity index (χ0v) is 31.9. The van der Waals surface area contributed by atoms with E-state index in [1.807, 2.05) is 0 Å². The predicted molar refractivity (Wildman–Crippen MR) is 244 cm³/mol. The SMILES string of the molecule is Cc1ccccc1N(c1ccc(-c2ccc(C=Cc3ccc(-c4ccc(N(c5ccccc5)c5ccccc5)cc4)cc3)cc2)cc1)c1ccc2ccccc2c1. The van der Waals surface area contributed by atoms with Crippen molar-refractivity contribution in [2.45, 2.75) is 6.92 Å². The second-order valence-electron chi connectivity index (χ2n) is 14.3. The standard InChI is InChI=1S/C55H42N2/c1-41-12-8-11-19-55(41)57(54-39-34-44-13-9-10-14-49(44)40-54)53-37-32-48(33-38-53)46-28-24-43(25-29-46)21-20-42-22-26-45(27-23-42)47-30-35-52(36-31-47)56(50-15-4-2-5-16-50)51-17-6-3-7-18-51/h2-40H,1H3. The van der Waals surface area contributed by atoms with Gasteiger partial charge in [0.05, 0.1) is 0 Å². The normalized spacial score (nSPS) is 11.2. The molecular weight excluding hydrogens is 689 g/mol. The highest BCUT2D eigenvalue weighted by molar-refractivity contribution is 5.90. The van der Waals surface area contributed by atoms with Crippen LogP contribution in [-0.2, 0) is 0 Å². The molecule has 0 heterocycles. The fourth-order valence-corrected chi connectivity index (χ4v) is 7.53. The maximum atomic E-state index is 2.36. The molecule has 0 unspecified atom stereocenters. The van der Waals surface area contributed by atoms with Crippen molar-refractivity contribution in [2.24, 2.45) is 0 Å². The van der Waals surface area contributed by atoms with E-state index in [0.29, 0.717) is 0 Å².